The van der Waals surface area contributed by atoms with E-state index >= 15 is 0 Å². The topological polar surface area (TPSA) is 52.8 Å². The third-order valence-corrected chi connectivity index (χ3v) is 4.40. The van der Waals surface area contributed by atoms with Gasteiger partial charge in [-0.3, -0.25) is 0 Å². The van der Waals surface area contributed by atoms with E-state index in [4.69, 9.17) is 16.3 Å². The first kappa shape index (κ1) is 16.2. The van der Waals surface area contributed by atoms with Crippen molar-refractivity contribution in [1.29, 1.82) is 0 Å². The minimum absolute atomic E-state index is 0.404. The second-order valence-corrected chi connectivity index (χ2v) is 6.44. The number of methoxy groups -OCH3 is 1. The Bertz CT molecular complexity index is 669. The Labute approximate surface area is 137 Å². The largest absolute Gasteiger partial charge is 0.481 e. The summed E-state index contributed by atoms with van der Waals surface area (Å²) in [5.41, 5.74) is 2.48. The Morgan fingerprint density at radius 2 is 2.00 bits per heavy atom. The van der Waals surface area contributed by atoms with E-state index in [1.54, 1.807) is 11.8 Å². The van der Waals surface area contributed by atoms with Crippen LogP contribution in [0.15, 0.2) is 4.47 Å². The second kappa shape index (κ2) is 6.32. The molecule has 0 N–H and O–H groups in total. The molecule has 0 atom stereocenters. The fourth-order valence-electron chi connectivity index (χ4n) is 2.23. The highest BCUT2D eigenvalue weighted by Gasteiger charge is 2.21. The minimum atomic E-state index is 0.404. The van der Waals surface area contributed by atoms with Crippen LogP contribution in [0, 0.1) is 12.8 Å². The molecule has 2 aromatic heterocycles. The summed E-state index contributed by atoms with van der Waals surface area (Å²) in [6.07, 6.45) is 0.817. The molecular weight excluding hydrogens is 356 g/mol. The molecule has 0 radical (unpaired) electrons. The Hall–Kier alpha value is -1.14. The second-order valence-electron chi connectivity index (χ2n) is 5.29. The summed E-state index contributed by atoms with van der Waals surface area (Å²) in [6.45, 7) is 6.18. The fourth-order valence-corrected chi connectivity index (χ4v) is 2.75. The van der Waals surface area contributed by atoms with Gasteiger partial charge < -0.3 is 4.74 Å². The van der Waals surface area contributed by atoms with Crippen LogP contribution in [0.5, 0.6) is 5.88 Å². The first-order chi connectivity index (χ1) is 9.85. The fraction of sp³-hybridized carbons (Fsp3) is 0.500. The van der Waals surface area contributed by atoms with Gasteiger partial charge in [0.05, 0.1) is 23.0 Å². The van der Waals surface area contributed by atoms with Crippen LogP contribution in [0.1, 0.15) is 25.2 Å². The zero-order valence-corrected chi connectivity index (χ0v) is 15.1. The number of halogens is 2. The molecule has 0 bridgehead atoms. The van der Waals surface area contributed by atoms with E-state index in [1.165, 1.54) is 0 Å². The van der Waals surface area contributed by atoms with Crippen LogP contribution < -0.4 is 4.74 Å². The maximum atomic E-state index is 6.24. The highest BCUT2D eigenvalue weighted by Crippen LogP contribution is 2.34. The summed E-state index contributed by atoms with van der Waals surface area (Å²) < 4.78 is 7.83. The van der Waals surface area contributed by atoms with Gasteiger partial charge in [0.2, 0.25) is 5.88 Å². The maximum absolute atomic E-state index is 6.24. The van der Waals surface area contributed by atoms with E-state index < -0.39 is 0 Å². The zero-order chi connectivity index (χ0) is 15.7. The first-order valence-electron chi connectivity index (χ1n) is 6.65. The molecule has 0 unspecified atom stereocenters. The predicted molar refractivity (Wildman–Crippen MR) is 86.8 cm³/mol. The summed E-state index contributed by atoms with van der Waals surface area (Å²) >= 11 is 9.71. The lowest BCUT2D eigenvalue weighted by atomic mass is 10.1. The average molecular weight is 374 g/mol. The van der Waals surface area contributed by atoms with Crippen molar-refractivity contribution in [2.75, 3.05) is 7.11 Å². The van der Waals surface area contributed by atoms with Gasteiger partial charge in [-0.1, -0.05) is 25.4 Å². The number of aromatic nitrogens is 4. The average Bonchev–Trinajstić information content (AvgIpc) is 2.68. The molecule has 7 heteroatoms. The van der Waals surface area contributed by atoms with Gasteiger partial charge in [0.15, 0.2) is 5.82 Å². The van der Waals surface area contributed by atoms with Crippen molar-refractivity contribution >= 4 is 27.5 Å². The smallest absolute Gasteiger partial charge is 0.222 e. The molecule has 114 valence electrons. The molecule has 0 amide bonds. The van der Waals surface area contributed by atoms with Crippen molar-refractivity contribution in [2.45, 2.75) is 27.2 Å². The Balaban J connectivity index is 2.62. The molecule has 2 heterocycles. The minimum Gasteiger partial charge on any atom is -0.481 e. The Kier molecular flexibility index (Phi) is 4.88. The van der Waals surface area contributed by atoms with E-state index in [2.05, 4.69) is 44.8 Å². The molecule has 0 aromatic carbocycles. The van der Waals surface area contributed by atoms with Gasteiger partial charge in [0.1, 0.15) is 10.7 Å². The highest BCUT2D eigenvalue weighted by atomic mass is 79.9. The lowest BCUT2D eigenvalue weighted by Crippen LogP contribution is -2.04. The van der Waals surface area contributed by atoms with Crippen LogP contribution in [-0.2, 0) is 13.5 Å². The Morgan fingerprint density at radius 1 is 1.33 bits per heavy atom. The Morgan fingerprint density at radius 3 is 2.57 bits per heavy atom. The summed E-state index contributed by atoms with van der Waals surface area (Å²) in [6, 6.07) is 0. The van der Waals surface area contributed by atoms with Crippen LogP contribution in [-0.4, -0.2) is 26.9 Å². The summed E-state index contributed by atoms with van der Waals surface area (Å²) in [5.74, 6) is 1.64. The highest BCUT2D eigenvalue weighted by molar-refractivity contribution is 9.10. The predicted octanol–water partition coefficient (Wildman–Crippen LogP) is 3.81. The molecule has 0 saturated carbocycles. The molecular formula is C14H18BrClN4O. The van der Waals surface area contributed by atoms with Crippen LogP contribution in [0.25, 0.3) is 11.4 Å². The molecule has 0 aliphatic heterocycles. The number of hydrogen-bond donors (Lipinski definition) is 0. The van der Waals surface area contributed by atoms with E-state index in [9.17, 15) is 0 Å². The van der Waals surface area contributed by atoms with Gasteiger partial charge in [0, 0.05) is 7.05 Å². The van der Waals surface area contributed by atoms with Crippen LogP contribution in [0.3, 0.4) is 0 Å². The van der Waals surface area contributed by atoms with Gasteiger partial charge in [-0.2, -0.15) is 5.10 Å². The van der Waals surface area contributed by atoms with Crippen LogP contribution in [0.4, 0.5) is 0 Å². The van der Waals surface area contributed by atoms with Crippen molar-refractivity contribution in [3.8, 4) is 17.3 Å². The molecule has 21 heavy (non-hydrogen) atoms. The van der Waals surface area contributed by atoms with Gasteiger partial charge in [-0.05, 0) is 35.2 Å². The van der Waals surface area contributed by atoms with Crippen LogP contribution >= 0.6 is 27.5 Å². The SMILES string of the molecule is COc1c(-c2nc(Cl)c(Br)c(CC(C)C)n2)c(C)nn1C. The first-order valence-corrected chi connectivity index (χ1v) is 7.82. The van der Waals surface area contributed by atoms with Crippen molar-refractivity contribution in [3.63, 3.8) is 0 Å². The number of aryl methyl sites for hydroxylation is 2. The van der Waals surface area contributed by atoms with Crippen molar-refractivity contribution in [2.24, 2.45) is 13.0 Å². The third-order valence-electron chi connectivity index (χ3n) is 3.07. The lowest BCUT2D eigenvalue weighted by molar-refractivity contribution is 0.374. The number of nitrogens with zero attached hydrogens (tertiary/aromatic N) is 4. The number of hydrogen-bond acceptors (Lipinski definition) is 4. The van der Waals surface area contributed by atoms with Gasteiger partial charge in [0.25, 0.3) is 0 Å². The normalized spacial score (nSPS) is 11.2. The van der Waals surface area contributed by atoms with E-state index in [-0.39, 0.29) is 0 Å². The quantitative estimate of drug-likeness (QED) is 0.765. The lowest BCUT2D eigenvalue weighted by Gasteiger charge is -2.10. The molecule has 0 aliphatic rings. The van der Waals surface area contributed by atoms with E-state index in [1.807, 2.05) is 14.0 Å². The van der Waals surface area contributed by atoms with Crippen molar-refractivity contribution in [3.05, 3.63) is 21.0 Å². The molecule has 0 aliphatic carbocycles. The van der Waals surface area contributed by atoms with Gasteiger partial charge >= 0.3 is 0 Å². The molecule has 2 aromatic rings. The maximum Gasteiger partial charge on any atom is 0.222 e. The molecule has 0 fully saturated rings. The van der Waals surface area contributed by atoms with E-state index in [0.717, 1.165) is 27.8 Å². The number of rotatable bonds is 4. The summed E-state index contributed by atoms with van der Waals surface area (Å²) in [5, 5.41) is 4.76. The molecule has 5 nitrogen and oxygen atoms in total. The summed E-state index contributed by atoms with van der Waals surface area (Å²) in [7, 11) is 3.43. The van der Waals surface area contributed by atoms with Gasteiger partial charge in [-0.15, -0.1) is 0 Å². The molecule has 2 rings (SSSR count). The van der Waals surface area contributed by atoms with Gasteiger partial charge in [-0.25, -0.2) is 14.6 Å². The number of ether oxygens (including phenoxy) is 1. The summed E-state index contributed by atoms with van der Waals surface area (Å²) in [4.78, 5) is 9.02. The third kappa shape index (κ3) is 3.21. The van der Waals surface area contributed by atoms with Crippen molar-refractivity contribution in [1.82, 2.24) is 19.7 Å². The van der Waals surface area contributed by atoms with Crippen LogP contribution in [0.2, 0.25) is 5.15 Å². The molecule has 0 spiro atoms. The van der Waals surface area contributed by atoms with Crippen molar-refractivity contribution < 1.29 is 4.74 Å². The zero-order valence-electron chi connectivity index (χ0n) is 12.7. The standard InChI is InChI=1S/C14H18BrClN4O/c1-7(2)6-9-11(15)12(16)18-13(17-9)10-8(3)19-20(4)14(10)21-5/h7H,6H2,1-5H3. The van der Waals surface area contributed by atoms with E-state index in [0.29, 0.717) is 22.8 Å². The molecule has 0 saturated heterocycles. The monoisotopic (exact) mass is 372 g/mol.